The Morgan fingerprint density at radius 3 is 2.59 bits per heavy atom. The number of hydrogen-bond acceptors (Lipinski definition) is 5. The highest BCUT2D eigenvalue weighted by Crippen LogP contribution is 2.40. The third kappa shape index (κ3) is 4.53. The molecule has 1 saturated carbocycles. The van der Waals surface area contributed by atoms with Gasteiger partial charge in [0.1, 0.15) is 13.2 Å². The lowest BCUT2D eigenvalue weighted by Crippen LogP contribution is -2.33. The van der Waals surface area contributed by atoms with Gasteiger partial charge in [-0.25, -0.2) is 0 Å². The van der Waals surface area contributed by atoms with Crippen LogP contribution in [0.25, 0.3) is 0 Å². The largest absolute Gasteiger partial charge is 0.486 e. The molecule has 0 spiro atoms. The summed E-state index contributed by atoms with van der Waals surface area (Å²) >= 11 is 0. The molecule has 2 atom stereocenters. The van der Waals surface area contributed by atoms with E-state index >= 15 is 0 Å². The number of carbonyl (C=O) groups is 2. The first-order valence-corrected chi connectivity index (χ1v) is 10.0. The number of fused-ring (bicyclic) bond motifs is 1. The van der Waals surface area contributed by atoms with E-state index in [2.05, 4.69) is 0 Å². The van der Waals surface area contributed by atoms with Crippen molar-refractivity contribution in [3.05, 3.63) is 59.7 Å². The number of hydrogen-bond donors (Lipinski definition) is 0. The summed E-state index contributed by atoms with van der Waals surface area (Å²) in [7, 11) is 0. The minimum Gasteiger partial charge on any atom is -0.486 e. The van der Waals surface area contributed by atoms with Crippen LogP contribution in [0.4, 0.5) is 0 Å². The summed E-state index contributed by atoms with van der Waals surface area (Å²) in [5.41, 5.74) is 1.60. The van der Waals surface area contributed by atoms with Gasteiger partial charge in [0.15, 0.2) is 11.5 Å². The zero-order chi connectivity index (χ0) is 20.2. The van der Waals surface area contributed by atoms with Gasteiger partial charge in [-0.15, -0.1) is 0 Å². The fraction of sp³-hybridized carbons (Fsp3) is 0.391. The van der Waals surface area contributed by atoms with Gasteiger partial charge in [-0.05, 0) is 43.0 Å². The summed E-state index contributed by atoms with van der Waals surface area (Å²) in [5.74, 6) is 1.04. The zero-order valence-electron chi connectivity index (χ0n) is 16.5. The number of carbonyl (C=O) groups excluding carboxylic acids is 2. The Labute approximate surface area is 170 Å². The first-order chi connectivity index (χ1) is 14.2. The van der Waals surface area contributed by atoms with Gasteiger partial charge in [-0.3, -0.25) is 9.59 Å². The number of nitrogens with zero attached hydrogens (tertiary/aromatic N) is 1. The SMILES string of the molecule is CCOC(=O)[C@H]1C[C@@H]1CN(Cc1ccccc1)C(=O)c1ccc2c(c1)OCCO2. The van der Waals surface area contributed by atoms with E-state index in [0.717, 1.165) is 12.0 Å². The Bertz CT molecular complexity index is 882. The first kappa shape index (κ1) is 19.3. The second-order valence-electron chi connectivity index (χ2n) is 7.38. The van der Waals surface area contributed by atoms with Gasteiger partial charge in [-0.2, -0.15) is 0 Å². The molecule has 1 aliphatic heterocycles. The topological polar surface area (TPSA) is 65.1 Å². The minimum atomic E-state index is -0.163. The highest BCUT2D eigenvalue weighted by Gasteiger charge is 2.45. The van der Waals surface area contributed by atoms with Crippen LogP contribution in [0.5, 0.6) is 11.5 Å². The standard InChI is InChI=1S/C23H25NO5/c1-2-27-23(26)19-12-18(19)15-24(14-16-6-4-3-5-7-16)22(25)17-8-9-20-21(13-17)29-11-10-28-20/h3-9,13,18-19H,2,10-12,14-15H2,1H3/t18-,19+/m1/s1. The molecule has 152 valence electrons. The average molecular weight is 395 g/mol. The van der Waals surface area contributed by atoms with Crippen molar-refractivity contribution in [3.8, 4) is 11.5 Å². The van der Waals surface area contributed by atoms with Crippen LogP contribution in [-0.4, -0.2) is 43.1 Å². The molecule has 1 amide bonds. The molecule has 2 aromatic rings. The summed E-state index contributed by atoms with van der Waals surface area (Å²) in [6.45, 7) is 4.18. The number of rotatable bonds is 7. The smallest absolute Gasteiger partial charge is 0.309 e. The van der Waals surface area contributed by atoms with Crippen molar-refractivity contribution in [3.63, 3.8) is 0 Å². The highest BCUT2D eigenvalue weighted by molar-refractivity contribution is 5.95. The monoisotopic (exact) mass is 395 g/mol. The molecule has 6 heteroatoms. The third-order valence-electron chi connectivity index (χ3n) is 5.26. The predicted octanol–water partition coefficient (Wildman–Crippen LogP) is 3.30. The van der Waals surface area contributed by atoms with Crippen molar-refractivity contribution in [2.45, 2.75) is 19.9 Å². The third-order valence-corrected chi connectivity index (χ3v) is 5.26. The van der Waals surface area contributed by atoms with E-state index < -0.39 is 0 Å². The Morgan fingerprint density at radius 1 is 1.07 bits per heavy atom. The Morgan fingerprint density at radius 2 is 1.83 bits per heavy atom. The summed E-state index contributed by atoms with van der Waals surface area (Å²) in [6, 6.07) is 15.2. The van der Waals surface area contributed by atoms with Crippen molar-refractivity contribution in [2.75, 3.05) is 26.4 Å². The van der Waals surface area contributed by atoms with E-state index in [4.69, 9.17) is 14.2 Å². The number of esters is 1. The zero-order valence-corrected chi connectivity index (χ0v) is 16.5. The van der Waals surface area contributed by atoms with Crippen LogP contribution >= 0.6 is 0 Å². The highest BCUT2D eigenvalue weighted by atomic mass is 16.6. The Balaban J connectivity index is 1.51. The summed E-state index contributed by atoms with van der Waals surface area (Å²) in [6.07, 6.45) is 0.762. The fourth-order valence-corrected chi connectivity index (χ4v) is 3.65. The van der Waals surface area contributed by atoms with Gasteiger partial charge in [0, 0.05) is 18.7 Å². The average Bonchev–Trinajstić information content (AvgIpc) is 3.53. The van der Waals surface area contributed by atoms with Crippen LogP contribution in [0.3, 0.4) is 0 Å². The lowest BCUT2D eigenvalue weighted by atomic mass is 10.1. The van der Waals surface area contributed by atoms with Crippen LogP contribution in [0.2, 0.25) is 0 Å². The van der Waals surface area contributed by atoms with Crippen molar-refractivity contribution in [1.82, 2.24) is 4.90 Å². The van der Waals surface area contributed by atoms with Crippen LogP contribution < -0.4 is 9.47 Å². The maximum Gasteiger partial charge on any atom is 0.309 e. The summed E-state index contributed by atoms with van der Waals surface area (Å²) in [5, 5.41) is 0. The van der Waals surface area contributed by atoms with E-state index in [1.807, 2.05) is 42.2 Å². The molecule has 1 fully saturated rings. The maximum atomic E-state index is 13.3. The summed E-state index contributed by atoms with van der Waals surface area (Å²) < 4.78 is 16.3. The van der Waals surface area contributed by atoms with Crippen molar-refractivity contribution in [1.29, 1.82) is 0 Å². The molecule has 0 aromatic heterocycles. The summed E-state index contributed by atoms with van der Waals surface area (Å²) in [4.78, 5) is 27.1. The van der Waals surface area contributed by atoms with E-state index in [-0.39, 0.29) is 23.7 Å². The lowest BCUT2D eigenvalue weighted by Gasteiger charge is -2.24. The molecule has 0 unspecified atom stereocenters. The van der Waals surface area contributed by atoms with E-state index in [1.54, 1.807) is 18.2 Å². The van der Waals surface area contributed by atoms with E-state index in [9.17, 15) is 9.59 Å². The maximum absolute atomic E-state index is 13.3. The van der Waals surface area contributed by atoms with Gasteiger partial charge < -0.3 is 19.1 Å². The van der Waals surface area contributed by atoms with E-state index in [0.29, 0.717) is 50.0 Å². The molecule has 0 radical (unpaired) electrons. The molecule has 0 N–H and O–H groups in total. The minimum absolute atomic E-state index is 0.0830. The first-order valence-electron chi connectivity index (χ1n) is 10.0. The van der Waals surface area contributed by atoms with Crippen molar-refractivity contribution in [2.24, 2.45) is 11.8 Å². The predicted molar refractivity (Wildman–Crippen MR) is 107 cm³/mol. The normalized spacial score (nSPS) is 19.3. The number of benzene rings is 2. The van der Waals surface area contributed by atoms with Gasteiger partial charge in [0.05, 0.1) is 12.5 Å². The van der Waals surface area contributed by atoms with Crippen molar-refractivity contribution >= 4 is 11.9 Å². The number of amides is 1. The van der Waals surface area contributed by atoms with E-state index in [1.165, 1.54) is 0 Å². The fourth-order valence-electron chi connectivity index (χ4n) is 3.65. The van der Waals surface area contributed by atoms with Gasteiger partial charge in [0.2, 0.25) is 0 Å². The molecule has 2 aromatic carbocycles. The van der Waals surface area contributed by atoms with Crippen LogP contribution in [0.15, 0.2) is 48.5 Å². The molecule has 29 heavy (non-hydrogen) atoms. The Hall–Kier alpha value is -3.02. The van der Waals surface area contributed by atoms with Gasteiger partial charge >= 0.3 is 5.97 Å². The van der Waals surface area contributed by atoms with Gasteiger partial charge in [0.25, 0.3) is 5.91 Å². The quantitative estimate of drug-likeness (QED) is 0.673. The van der Waals surface area contributed by atoms with Gasteiger partial charge in [-0.1, -0.05) is 30.3 Å². The molecule has 2 aliphatic rings. The van der Waals surface area contributed by atoms with Crippen molar-refractivity contribution < 1.29 is 23.8 Å². The molecule has 1 heterocycles. The Kier molecular flexibility index (Phi) is 5.69. The second-order valence-corrected chi connectivity index (χ2v) is 7.38. The molecule has 4 rings (SSSR count). The molecular formula is C23H25NO5. The lowest BCUT2D eigenvalue weighted by molar-refractivity contribution is -0.145. The van der Waals surface area contributed by atoms with Crippen LogP contribution in [-0.2, 0) is 16.1 Å². The second kappa shape index (κ2) is 8.55. The number of ether oxygens (including phenoxy) is 3. The molecule has 1 aliphatic carbocycles. The molecule has 6 nitrogen and oxygen atoms in total. The molecular weight excluding hydrogens is 370 g/mol. The molecule has 0 bridgehead atoms. The molecule has 0 saturated heterocycles. The van der Waals surface area contributed by atoms with Crippen LogP contribution in [0, 0.1) is 11.8 Å². The van der Waals surface area contributed by atoms with Crippen LogP contribution in [0.1, 0.15) is 29.3 Å².